The van der Waals surface area contributed by atoms with E-state index in [0.717, 1.165) is 10.5 Å². The van der Waals surface area contributed by atoms with Gasteiger partial charge in [-0.05, 0) is 5.56 Å². The van der Waals surface area contributed by atoms with E-state index < -0.39 is 18.1 Å². The van der Waals surface area contributed by atoms with Crippen LogP contribution in [0.15, 0.2) is 30.3 Å². The van der Waals surface area contributed by atoms with Crippen LogP contribution in [0.3, 0.4) is 0 Å². The number of esters is 1. The van der Waals surface area contributed by atoms with Crippen LogP contribution in [0.25, 0.3) is 0 Å². The number of carboxylic acid groups (broad SMARTS) is 1. The summed E-state index contributed by atoms with van der Waals surface area (Å²) in [7, 11) is 0. The van der Waals surface area contributed by atoms with E-state index in [-0.39, 0.29) is 25.4 Å². The highest BCUT2D eigenvalue weighted by molar-refractivity contribution is 5.95. The van der Waals surface area contributed by atoms with Crippen molar-refractivity contribution in [2.45, 2.75) is 19.1 Å². The first kappa shape index (κ1) is 13.1. The lowest BCUT2D eigenvalue weighted by Gasteiger charge is -2.18. The van der Waals surface area contributed by atoms with Crippen molar-refractivity contribution in [2.24, 2.45) is 0 Å². The lowest BCUT2D eigenvalue weighted by molar-refractivity contribution is -0.149. The van der Waals surface area contributed by atoms with Gasteiger partial charge in [0.15, 0.2) is 5.78 Å². The fourth-order valence-electron chi connectivity index (χ4n) is 1.93. The fraction of sp³-hybridized carbons (Fsp3) is 0.308. The van der Waals surface area contributed by atoms with E-state index in [1.54, 1.807) is 12.1 Å². The first-order valence-electron chi connectivity index (χ1n) is 5.80. The number of nitrogens with zero attached hydrogens (tertiary/aromatic N) is 1. The molecule has 1 amide bonds. The molecule has 1 unspecified atom stereocenters. The number of hydrogen-bond donors (Lipinski definition) is 1. The number of carbonyl (C=O) groups is 3. The van der Waals surface area contributed by atoms with Crippen LogP contribution in [0.1, 0.15) is 12.0 Å². The van der Waals surface area contributed by atoms with Crippen LogP contribution in [-0.4, -0.2) is 40.4 Å². The SMILES string of the molecule is O=C1CC(C(=O)OCc2ccccc2)N(C(=O)O)C1. The van der Waals surface area contributed by atoms with E-state index in [1.807, 2.05) is 18.2 Å². The van der Waals surface area contributed by atoms with E-state index in [4.69, 9.17) is 9.84 Å². The van der Waals surface area contributed by atoms with Crippen molar-refractivity contribution in [3.63, 3.8) is 0 Å². The van der Waals surface area contributed by atoms with Gasteiger partial charge in [-0.2, -0.15) is 0 Å². The summed E-state index contributed by atoms with van der Waals surface area (Å²) in [5.41, 5.74) is 0.807. The number of carbonyl (C=O) groups excluding carboxylic acids is 2. The van der Waals surface area contributed by atoms with Crippen LogP contribution in [0.2, 0.25) is 0 Å². The topological polar surface area (TPSA) is 83.9 Å². The predicted octanol–water partition coefficient (Wildman–Crippen LogP) is 1.05. The van der Waals surface area contributed by atoms with Gasteiger partial charge in [-0.1, -0.05) is 30.3 Å². The molecule has 6 nitrogen and oxygen atoms in total. The first-order valence-corrected chi connectivity index (χ1v) is 5.80. The second-order valence-corrected chi connectivity index (χ2v) is 4.26. The molecule has 1 aliphatic rings. The lowest BCUT2D eigenvalue weighted by atomic mass is 10.2. The van der Waals surface area contributed by atoms with Gasteiger partial charge in [-0.3, -0.25) is 9.69 Å². The Hall–Kier alpha value is -2.37. The van der Waals surface area contributed by atoms with Gasteiger partial charge in [-0.15, -0.1) is 0 Å². The zero-order valence-electron chi connectivity index (χ0n) is 10.1. The number of ketones is 1. The molecule has 100 valence electrons. The maximum Gasteiger partial charge on any atom is 0.408 e. The normalized spacial score (nSPS) is 18.4. The molecular formula is C13H13NO5. The second-order valence-electron chi connectivity index (χ2n) is 4.26. The molecule has 0 aromatic heterocycles. The minimum Gasteiger partial charge on any atom is -0.465 e. The molecule has 1 saturated heterocycles. The van der Waals surface area contributed by atoms with Gasteiger partial charge >= 0.3 is 12.1 Å². The van der Waals surface area contributed by atoms with Gasteiger partial charge in [0.2, 0.25) is 0 Å². The summed E-state index contributed by atoms with van der Waals surface area (Å²) in [5.74, 6) is -0.957. The Kier molecular flexibility index (Phi) is 3.79. The van der Waals surface area contributed by atoms with Gasteiger partial charge in [0.1, 0.15) is 12.6 Å². The van der Waals surface area contributed by atoms with Gasteiger partial charge in [-0.25, -0.2) is 9.59 Å². The van der Waals surface area contributed by atoms with E-state index >= 15 is 0 Å². The van der Waals surface area contributed by atoms with Crippen molar-refractivity contribution in [3.05, 3.63) is 35.9 Å². The van der Waals surface area contributed by atoms with Crippen molar-refractivity contribution in [1.82, 2.24) is 4.90 Å². The maximum atomic E-state index is 11.8. The monoisotopic (exact) mass is 263 g/mol. The van der Waals surface area contributed by atoms with Crippen molar-refractivity contribution >= 4 is 17.8 Å². The highest BCUT2D eigenvalue weighted by Crippen LogP contribution is 2.16. The van der Waals surface area contributed by atoms with Gasteiger partial charge in [0, 0.05) is 6.42 Å². The van der Waals surface area contributed by atoms with Crippen LogP contribution in [0.5, 0.6) is 0 Å². The summed E-state index contributed by atoms with van der Waals surface area (Å²) in [6.45, 7) is -0.182. The smallest absolute Gasteiger partial charge is 0.408 e. The first-order chi connectivity index (χ1) is 9.08. The third-order valence-electron chi connectivity index (χ3n) is 2.89. The lowest BCUT2D eigenvalue weighted by Crippen LogP contribution is -2.40. The highest BCUT2D eigenvalue weighted by atomic mass is 16.5. The maximum absolute atomic E-state index is 11.8. The Balaban J connectivity index is 1.96. The minimum absolute atomic E-state index is 0.0673. The van der Waals surface area contributed by atoms with Crippen LogP contribution >= 0.6 is 0 Å². The van der Waals surface area contributed by atoms with E-state index in [1.165, 1.54) is 0 Å². The third-order valence-corrected chi connectivity index (χ3v) is 2.89. The molecule has 0 spiro atoms. The summed E-state index contributed by atoms with van der Waals surface area (Å²) < 4.78 is 5.04. The average Bonchev–Trinajstić information content (AvgIpc) is 2.79. The van der Waals surface area contributed by atoms with Gasteiger partial charge < -0.3 is 9.84 Å². The molecule has 1 aromatic carbocycles. The zero-order chi connectivity index (χ0) is 13.8. The number of amides is 1. The van der Waals surface area contributed by atoms with Gasteiger partial charge in [0.25, 0.3) is 0 Å². The number of Topliss-reactive ketones (excluding diaryl/α,β-unsaturated/α-hetero) is 1. The summed E-state index contributed by atoms with van der Waals surface area (Å²) in [6.07, 6.45) is -1.40. The van der Waals surface area contributed by atoms with Crippen molar-refractivity contribution in [3.8, 4) is 0 Å². The fourth-order valence-corrected chi connectivity index (χ4v) is 1.93. The van der Waals surface area contributed by atoms with Crippen molar-refractivity contribution < 1.29 is 24.2 Å². The molecule has 1 aliphatic heterocycles. The molecule has 1 heterocycles. The molecule has 1 aromatic rings. The average molecular weight is 263 g/mol. The van der Waals surface area contributed by atoms with Crippen LogP contribution < -0.4 is 0 Å². The minimum atomic E-state index is -1.28. The molecule has 1 fully saturated rings. The zero-order valence-corrected chi connectivity index (χ0v) is 10.1. The number of ether oxygens (including phenoxy) is 1. The summed E-state index contributed by atoms with van der Waals surface area (Å²) in [4.78, 5) is 34.8. The number of rotatable bonds is 3. The summed E-state index contributed by atoms with van der Waals surface area (Å²) in [6, 6.07) is 8.03. The molecule has 1 atom stereocenters. The Morgan fingerprint density at radius 3 is 2.63 bits per heavy atom. The number of benzene rings is 1. The molecule has 2 rings (SSSR count). The largest absolute Gasteiger partial charge is 0.465 e. The predicted molar refractivity (Wildman–Crippen MR) is 64.4 cm³/mol. The standard InChI is InChI=1S/C13H13NO5/c15-10-6-11(14(7-10)13(17)18)12(16)19-8-9-4-2-1-3-5-9/h1-5,11H,6-8H2,(H,17,18). The van der Waals surface area contributed by atoms with Crippen LogP contribution in [0.4, 0.5) is 4.79 Å². The molecule has 19 heavy (non-hydrogen) atoms. The van der Waals surface area contributed by atoms with Crippen molar-refractivity contribution in [1.29, 1.82) is 0 Å². The van der Waals surface area contributed by atoms with Crippen LogP contribution in [0, 0.1) is 0 Å². The third kappa shape index (κ3) is 3.09. The summed E-state index contributed by atoms with van der Waals surface area (Å²) in [5, 5.41) is 8.90. The molecule has 0 aliphatic carbocycles. The Labute approximate surface area is 109 Å². The highest BCUT2D eigenvalue weighted by Gasteiger charge is 2.39. The van der Waals surface area contributed by atoms with Crippen LogP contribution in [-0.2, 0) is 20.9 Å². The van der Waals surface area contributed by atoms with E-state index in [9.17, 15) is 14.4 Å². The Morgan fingerprint density at radius 1 is 1.32 bits per heavy atom. The molecular weight excluding hydrogens is 250 g/mol. The summed E-state index contributed by atoms with van der Waals surface area (Å²) >= 11 is 0. The molecule has 0 saturated carbocycles. The molecule has 1 N–H and O–H groups in total. The second kappa shape index (κ2) is 5.51. The Bertz CT molecular complexity index is 499. The van der Waals surface area contributed by atoms with Gasteiger partial charge in [0.05, 0.1) is 6.54 Å². The van der Waals surface area contributed by atoms with E-state index in [2.05, 4.69) is 0 Å². The molecule has 6 heteroatoms. The quantitative estimate of drug-likeness (QED) is 0.824. The molecule has 0 radical (unpaired) electrons. The van der Waals surface area contributed by atoms with Crippen molar-refractivity contribution in [2.75, 3.05) is 6.54 Å². The molecule has 0 bridgehead atoms. The Morgan fingerprint density at radius 2 is 2.00 bits per heavy atom. The number of likely N-dealkylation sites (tertiary alicyclic amines) is 1. The number of hydrogen-bond acceptors (Lipinski definition) is 4. The van der Waals surface area contributed by atoms with E-state index in [0.29, 0.717) is 0 Å².